The van der Waals surface area contributed by atoms with Gasteiger partial charge in [-0.15, -0.1) is 0 Å². The summed E-state index contributed by atoms with van der Waals surface area (Å²) >= 11 is 0. The summed E-state index contributed by atoms with van der Waals surface area (Å²) in [6.45, 7) is 0. The van der Waals surface area contributed by atoms with Crippen LogP contribution in [0.2, 0.25) is 0 Å². The number of aliphatic carboxylic acids is 1. The number of methoxy groups -OCH3 is 1. The van der Waals surface area contributed by atoms with E-state index in [4.69, 9.17) is 4.74 Å². The van der Waals surface area contributed by atoms with Gasteiger partial charge in [0.15, 0.2) is 0 Å². The molecule has 5 nitrogen and oxygen atoms in total. The second kappa shape index (κ2) is 7.26. The molecule has 0 spiro atoms. The number of nitrogens with one attached hydrogen (secondary N) is 1. The van der Waals surface area contributed by atoms with Crippen molar-refractivity contribution in [1.29, 1.82) is 0 Å². The molecular weight excluding hydrogens is 282 g/mol. The zero-order valence-electron chi connectivity index (χ0n) is 12.2. The largest absolute Gasteiger partial charge is 0.480 e. The zero-order chi connectivity index (χ0) is 15.9. The highest BCUT2D eigenvalue weighted by molar-refractivity contribution is 5.96. The molecule has 2 aromatic carbocycles. The number of hydrogen-bond donors (Lipinski definition) is 2. The molecule has 0 heterocycles. The van der Waals surface area contributed by atoms with Crippen molar-refractivity contribution < 1.29 is 19.4 Å². The second-order valence-corrected chi connectivity index (χ2v) is 4.76. The SMILES string of the molecule is COC(=O)c1ccccc1N[C@@H](Cc1ccccc1)C(=O)O. The predicted molar refractivity (Wildman–Crippen MR) is 83.0 cm³/mol. The maximum absolute atomic E-state index is 11.7. The molecule has 0 fully saturated rings. The number of hydrogen-bond acceptors (Lipinski definition) is 4. The highest BCUT2D eigenvalue weighted by atomic mass is 16.5. The van der Waals surface area contributed by atoms with Crippen LogP contribution in [0.3, 0.4) is 0 Å². The molecule has 22 heavy (non-hydrogen) atoms. The van der Waals surface area contributed by atoms with E-state index in [1.54, 1.807) is 24.3 Å². The van der Waals surface area contributed by atoms with Gasteiger partial charge in [0.1, 0.15) is 6.04 Å². The summed E-state index contributed by atoms with van der Waals surface area (Å²) in [6.07, 6.45) is 0.311. The van der Waals surface area contributed by atoms with Gasteiger partial charge in [-0.2, -0.15) is 0 Å². The van der Waals surface area contributed by atoms with Crippen molar-refractivity contribution in [2.24, 2.45) is 0 Å². The van der Waals surface area contributed by atoms with E-state index >= 15 is 0 Å². The van der Waals surface area contributed by atoms with Crippen LogP contribution in [0.15, 0.2) is 54.6 Å². The lowest BCUT2D eigenvalue weighted by molar-refractivity contribution is -0.137. The summed E-state index contributed by atoms with van der Waals surface area (Å²) in [5, 5.41) is 12.3. The van der Waals surface area contributed by atoms with Crippen molar-refractivity contribution in [2.75, 3.05) is 12.4 Å². The Labute approximate surface area is 128 Å². The van der Waals surface area contributed by atoms with Crippen LogP contribution >= 0.6 is 0 Å². The van der Waals surface area contributed by atoms with Crippen LogP contribution < -0.4 is 5.32 Å². The first-order valence-electron chi connectivity index (χ1n) is 6.82. The molecule has 0 radical (unpaired) electrons. The van der Waals surface area contributed by atoms with Crippen LogP contribution in [0.5, 0.6) is 0 Å². The minimum Gasteiger partial charge on any atom is -0.480 e. The summed E-state index contributed by atoms with van der Waals surface area (Å²) in [6, 6.07) is 15.2. The Kier molecular flexibility index (Phi) is 5.14. The monoisotopic (exact) mass is 299 g/mol. The number of carboxylic acids is 1. The lowest BCUT2D eigenvalue weighted by Gasteiger charge is -2.17. The number of carbonyl (C=O) groups excluding carboxylic acids is 1. The highest BCUT2D eigenvalue weighted by Gasteiger charge is 2.20. The number of anilines is 1. The maximum Gasteiger partial charge on any atom is 0.339 e. The third kappa shape index (κ3) is 3.85. The molecular formula is C17H17NO4. The van der Waals surface area contributed by atoms with E-state index in [1.165, 1.54) is 7.11 Å². The number of rotatable bonds is 6. The van der Waals surface area contributed by atoms with Gasteiger partial charge in [-0.3, -0.25) is 0 Å². The van der Waals surface area contributed by atoms with Gasteiger partial charge in [0, 0.05) is 12.1 Å². The molecule has 0 saturated carbocycles. The first-order chi connectivity index (χ1) is 10.6. The average molecular weight is 299 g/mol. The van der Waals surface area contributed by atoms with E-state index in [2.05, 4.69) is 5.32 Å². The topological polar surface area (TPSA) is 75.6 Å². The number of benzene rings is 2. The van der Waals surface area contributed by atoms with Crippen LogP contribution in [0.4, 0.5) is 5.69 Å². The fraction of sp³-hybridized carbons (Fsp3) is 0.176. The van der Waals surface area contributed by atoms with Crippen LogP contribution in [-0.2, 0) is 16.0 Å². The van der Waals surface area contributed by atoms with E-state index in [-0.39, 0.29) is 0 Å². The van der Waals surface area contributed by atoms with Crippen molar-refractivity contribution in [3.05, 3.63) is 65.7 Å². The second-order valence-electron chi connectivity index (χ2n) is 4.76. The average Bonchev–Trinajstić information content (AvgIpc) is 2.55. The molecule has 1 atom stereocenters. The lowest BCUT2D eigenvalue weighted by Crippen LogP contribution is -2.32. The van der Waals surface area contributed by atoms with Crippen LogP contribution in [-0.4, -0.2) is 30.2 Å². The minimum atomic E-state index is -0.983. The highest BCUT2D eigenvalue weighted by Crippen LogP contribution is 2.18. The fourth-order valence-electron chi connectivity index (χ4n) is 2.13. The Bertz CT molecular complexity index is 655. The third-order valence-corrected chi connectivity index (χ3v) is 3.24. The van der Waals surface area contributed by atoms with Gasteiger partial charge in [0.2, 0.25) is 0 Å². The Morgan fingerprint density at radius 3 is 2.36 bits per heavy atom. The van der Waals surface area contributed by atoms with Gasteiger partial charge in [0.05, 0.1) is 12.7 Å². The molecule has 2 N–H and O–H groups in total. The Hall–Kier alpha value is -2.82. The van der Waals surface area contributed by atoms with Gasteiger partial charge in [0.25, 0.3) is 0 Å². The van der Waals surface area contributed by atoms with E-state index in [1.807, 2.05) is 30.3 Å². The first kappa shape index (κ1) is 15.6. The fourth-order valence-corrected chi connectivity index (χ4v) is 2.13. The molecule has 0 amide bonds. The predicted octanol–water partition coefficient (Wildman–Crippen LogP) is 2.58. The number of para-hydroxylation sites is 1. The van der Waals surface area contributed by atoms with Crippen LogP contribution in [0, 0.1) is 0 Å². The quantitative estimate of drug-likeness (QED) is 0.802. The summed E-state index contributed by atoms with van der Waals surface area (Å²) in [7, 11) is 1.29. The van der Waals surface area contributed by atoms with Crippen LogP contribution in [0.25, 0.3) is 0 Å². The van der Waals surface area contributed by atoms with Crippen molar-refractivity contribution in [3.63, 3.8) is 0 Å². The van der Waals surface area contributed by atoms with Crippen molar-refractivity contribution >= 4 is 17.6 Å². The molecule has 0 aliphatic rings. The summed E-state index contributed by atoms with van der Waals surface area (Å²) in [5.74, 6) is -1.49. The Morgan fingerprint density at radius 2 is 1.73 bits per heavy atom. The smallest absolute Gasteiger partial charge is 0.339 e. The van der Waals surface area contributed by atoms with Crippen molar-refractivity contribution in [3.8, 4) is 0 Å². The molecule has 114 valence electrons. The number of carbonyl (C=O) groups is 2. The van der Waals surface area contributed by atoms with E-state index in [0.29, 0.717) is 17.7 Å². The number of ether oxygens (including phenoxy) is 1. The zero-order valence-corrected chi connectivity index (χ0v) is 12.2. The van der Waals surface area contributed by atoms with Gasteiger partial charge in [-0.05, 0) is 17.7 Å². The molecule has 0 aromatic heterocycles. The van der Waals surface area contributed by atoms with Gasteiger partial charge < -0.3 is 15.2 Å². The van der Waals surface area contributed by atoms with E-state index in [9.17, 15) is 14.7 Å². The summed E-state index contributed by atoms with van der Waals surface area (Å²) < 4.78 is 4.71. The van der Waals surface area contributed by atoms with E-state index in [0.717, 1.165) is 5.56 Å². The normalized spacial score (nSPS) is 11.5. The standard InChI is InChI=1S/C17H17NO4/c1-22-17(21)13-9-5-6-10-14(13)18-15(16(19)20)11-12-7-3-2-4-8-12/h2-10,15,18H,11H2,1H3,(H,19,20)/t15-/m0/s1. The molecule has 2 aromatic rings. The number of carboxylic acid groups (broad SMARTS) is 1. The number of esters is 1. The molecule has 0 bridgehead atoms. The minimum absolute atomic E-state index is 0.310. The molecule has 2 rings (SSSR count). The first-order valence-corrected chi connectivity index (χ1v) is 6.82. The maximum atomic E-state index is 11.7. The molecule has 0 saturated heterocycles. The Balaban J connectivity index is 2.22. The summed E-state index contributed by atoms with van der Waals surface area (Å²) in [5.41, 5.74) is 1.65. The van der Waals surface area contributed by atoms with Gasteiger partial charge in [-0.1, -0.05) is 42.5 Å². The van der Waals surface area contributed by atoms with Crippen LogP contribution in [0.1, 0.15) is 15.9 Å². The third-order valence-electron chi connectivity index (χ3n) is 3.24. The van der Waals surface area contributed by atoms with Gasteiger partial charge in [-0.25, -0.2) is 9.59 Å². The van der Waals surface area contributed by atoms with Gasteiger partial charge >= 0.3 is 11.9 Å². The lowest BCUT2D eigenvalue weighted by atomic mass is 10.0. The molecule has 0 unspecified atom stereocenters. The summed E-state index contributed by atoms with van der Waals surface area (Å²) in [4.78, 5) is 23.2. The molecule has 5 heteroatoms. The molecule has 0 aliphatic heterocycles. The van der Waals surface area contributed by atoms with E-state index < -0.39 is 18.0 Å². The van der Waals surface area contributed by atoms with Crippen molar-refractivity contribution in [1.82, 2.24) is 0 Å². The molecule has 0 aliphatic carbocycles. The van der Waals surface area contributed by atoms with Crippen molar-refractivity contribution in [2.45, 2.75) is 12.5 Å². The Morgan fingerprint density at radius 1 is 1.09 bits per heavy atom.